The summed E-state index contributed by atoms with van der Waals surface area (Å²) in [7, 11) is -3.87. The molecule has 4 nitrogen and oxygen atoms in total. The molecule has 0 aliphatic rings. The van der Waals surface area contributed by atoms with Crippen LogP contribution in [-0.4, -0.2) is 15.0 Å². The van der Waals surface area contributed by atoms with Crippen LogP contribution in [-0.2, 0) is 35.9 Å². The predicted molar refractivity (Wildman–Crippen MR) is 143 cm³/mol. The minimum absolute atomic E-state index is 0. The van der Waals surface area contributed by atoms with Crippen LogP contribution in [0.3, 0.4) is 0 Å². The summed E-state index contributed by atoms with van der Waals surface area (Å²) in [5.41, 5.74) is 4.15. The summed E-state index contributed by atoms with van der Waals surface area (Å²) in [6.45, 7) is 2.67. The van der Waals surface area contributed by atoms with Gasteiger partial charge in [-0.2, -0.15) is 0 Å². The van der Waals surface area contributed by atoms with Crippen molar-refractivity contribution in [1.82, 2.24) is 5.32 Å². The molecule has 0 saturated heterocycles. The van der Waals surface area contributed by atoms with E-state index in [1.807, 2.05) is 73.7 Å². The summed E-state index contributed by atoms with van der Waals surface area (Å²) in [6, 6.07) is 36.0. The summed E-state index contributed by atoms with van der Waals surface area (Å²) in [6.07, 6.45) is 1.88. The quantitative estimate of drug-likeness (QED) is 0.206. The second-order valence-corrected chi connectivity index (χ2v) is 10.3. The van der Waals surface area contributed by atoms with Gasteiger partial charge in [-0.25, -0.2) is 8.42 Å². The third-order valence-electron chi connectivity index (χ3n) is 6.04. The minimum atomic E-state index is -3.87. The first kappa shape index (κ1) is 30.9. The third kappa shape index (κ3) is 8.88. The zero-order chi connectivity index (χ0) is 24.5. The van der Waals surface area contributed by atoms with Crippen molar-refractivity contribution in [3.8, 4) is 0 Å². The molecule has 0 fully saturated rings. The summed E-state index contributed by atoms with van der Waals surface area (Å²) >= 11 is 0. The van der Waals surface area contributed by atoms with E-state index in [9.17, 15) is 8.42 Å². The molecule has 0 spiro atoms. The topological polar surface area (TPSA) is 60.3 Å². The molecule has 194 valence electrons. The van der Waals surface area contributed by atoms with E-state index in [0.29, 0.717) is 0 Å². The third-order valence-corrected chi connectivity index (χ3v) is 7.41. The number of rotatable bonds is 11. The van der Waals surface area contributed by atoms with E-state index < -0.39 is 16.1 Å². The maximum absolute atomic E-state index is 13.4. The molecule has 2 atom stereocenters. The van der Waals surface area contributed by atoms with Gasteiger partial charge in [0.2, 0.25) is 0 Å². The minimum Gasteiger partial charge on any atom is -1.00 e. The molecular formula is C30H31ClN2O2RuS. The zero-order valence-corrected chi connectivity index (χ0v) is 24.0. The second-order valence-electron chi connectivity index (χ2n) is 8.68. The van der Waals surface area contributed by atoms with Gasteiger partial charge in [0.15, 0.2) is 0 Å². The Morgan fingerprint density at radius 3 is 1.81 bits per heavy atom. The maximum atomic E-state index is 13.4. The number of nitrogens with one attached hydrogen (secondary N) is 1. The zero-order valence-electron chi connectivity index (χ0n) is 20.6. The van der Waals surface area contributed by atoms with Gasteiger partial charge in [-0.1, -0.05) is 120 Å². The van der Waals surface area contributed by atoms with Crippen LogP contribution in [0.15, 0.2) is 120 Å². The molecule has 4 aromatic rings. The van der Waals surface area contributed by atoms with Gasteiger partial charge in [0.1, 0.15) is 10.0 Å². The van der Waals surface area contributed by atoms with Crippen molar-refractivity contribution < 1.29 is 40.3 Å². The van der Waals surface area contributed by atoms with Gasteiger partial charge in [-0.05, 0) is 49.6 Å². The first-order valence-corrected chi connectivity index (χ1v) is 13.4. The molecule has 2 unspecified atom stereocenters. The van der Waals surface area contributed by atoms with E-state index in [-0.39, 0.29) is 42.8 Å². The summed E-state index contributed by atoms with van der Waals surface area (Å²) in [5.74, 6) is 0. The van der Waals surface area contributed by atoms with Crippen molar-refractivity contribution in [2.75, 3.05) is 6.54 Å². The molecule has 0 aliphatic carbocycles. The largest absolute Gasteiger partial charge is 2.00 e. The first-order chi connectivity index (χ1) is 17.0. The number of benzene rings is 4. The van der Waals surface area contributed by atoms with Crippen molar-refractivity contribution >= 4 is 10.0 Å². The molecule has 1 N–H and O–H groups in total. The Kier molecular flexibility index (Phi) is 12.7. The van der Waals surface area contributed by atoms with Gasteiger partial charge in [0, 0.05) is 10.9 Å². The van der Waals surface area contributed by atoms with E-state index in [0.717, 1.165) is 36.1 Å². The molecule has 0 bridgehead atoms. The molecule has 4 aromatic carbocycles. The summed E-state index contributed by atoms with van der Waals surface area (Å²) in [4.78, 5) is 0.208. The van der Waals surface area contributed by atoms with Gasteiger partial charge < -0.3 is 22.4 Å². The fourth-order valence-electron chi connectivity index (χ4n) is 4.15. The van der Waals surface area contributed by atoms with Crippen LogP contribution in [0, 0.1) is 6.92 Å². The SMILES string of the molecule is Cc1ccc(S(=O)(=O)[N-]C(c2ccccc2)C(NCCCc2ccccc2)c2ccccc2)cc1.[Cl-].[Ru+2]. The van der Waals surface area contributed by atoms with Gasteiger partial charge in [-0.15, -0.1) is 0 Å². The van der Waals surface area contributed by atoms with Crippen LogP contribution < -0.4 is 17.7 Å². The van der Waals surface area contributed by atoms with E-state index in [1.54, 1.807) is 24.3 Å². The number of nitrogens with zero attached hydrogens (tertiary/aromatic N) is 1. The Morgan fingerprint density at radius 1 is 0.730 bits per heavy atom. The normalized spacial score (nSPS) is 12.6. The summed E-state index contributed by atoms with van der Waals surface area (Å²) in [5, 5.41) is 3.63. The molecule has 4 rings (SSSR count). The second kappa shape index (κ2) is 15.2. The van der Waals surface area contributed by atoms with Gasteiger partial charge in [0.05, 0.1) is 0 Å². The number of sulfonamides is 1. The molecule has 37 heavy (non-hydrogen) atoms. The van der Waals surface area contributed by atoms with Gasteiger partial charge in [-0.3, -0.25) is 0 Å². The number of halogens is 1. The molecule has 0 aromatic heterocycles. The Morgan fingerprint density at radius 2 is 1.24 bits per heavy atom. The van der Waals surface area contributed by atoms with E-state index in [2.05, 4.69) is 34.3 Å². The number of hydrogen-bond donors (Lipinski definition) is 1. The Balaban J connectivity index is 0.00000241. The smallest absolute Gasteiger partial charge is 1.00 e. The number of aryl methyl sites for hydroxylation is 2. The molecule has 0 radical (unpaired) electrons. The Bertz CT molecular complexity index is 1290. The Hall–Kier alpha value is -2.34. The van der Waals surface area contributed by atoms with Crippen LogP contribution in [0.5, 0.6) is 0 Å². The molecule has 0 amide bonds. The molecule has 0 heterocycles. The maximum Gasteiger partial charge on any atom is 2.00 e. The fraction of sp³-hybridized carbons (Fsp3) is 0.200. The average Bonchev–Trinajstić information content (AvgIpc) is 2.89. The molecular weight excluding hydrogens is 589 g/mol. The van der Waals surface area contributed by atoms with Crippen molar-refractivity contribution in [3.05, 3.63) is 142 Å². The molecule has 0 aliphatic heterocycles. The van der Waals surface area contributed by atoms with Crippen molar-refractivity contribution in [1.29, 1.82) is 0 Å². The van der Waals surface area contributed by atoms with Crippen LogP contribution in [0.25, 0.3) is 4.72 Å². The number of hydrogen-bond acceptors (Lipinski definition) is 3. The molecule has 7 heteroatoms. The summed E-state index contributed by atoms with van der Waals surface area (Å²) < 4.78 is 31.3. The van der Waals surface area contributed by atoms with E-state index in [4.69, 9.17) is 0 Å². The Labute approximate surface area is 240 Å². The fourth-order valence-corrected chi connectivity index (χ4v) is 5.30. The van der Waals surface area contributed by atoms with Crippen LogP contribution in [0.2, 0.25) is 0 Å². The van der Waals surface area contributed by atoms with Crippen molar-refractivity contribution in [3.63, 3.8) is 0 Å². The standard InChI is InChI=1S/C30H31N2O2S.ClH.Ru/c1-24-19-21-28(22-20-24)35(33,34)32-30(27-17-9-4-10-18-27)29(26-15-7-3-8-16-26)31-23-11-14-25-12-5-2-6-13-25;;/h2-10,12-13,15-22,29-31H,11,14,23H2,1H3;1H;/q-1;;+2/p-1. The van der Waals surface area contributed by atoms with Crippen LogP contribution in [0.1, 0.15) is 40.8 Å². The molecule has 0 saturated carbocycles. The monoisotopic (exact) mass is 620 g/mol. The van der Waals surface area contributed by atoms with Gasteiger partial charge in [0.25, 0.3) is 0 Å². The van der Waals surface area contributed by atoms with Crippen LogP contribution in [0.4, 0.5) is 0 Å². The average molecular weight is 620 g/mol. The first-order valence-electron chi connectivity index (χ1n) is 11.9. The predicted octanol–water partition coefficient (Wildman–Crippen LogP) is 3.76. The van der Waals surface area contributed by atoms with E-state index >= 15 is 0 Å². The van der Waals surface area contributed by atoms with Crippen molar-refractivity contribution in [2.45, 2.75) is 36.7 Å². The van der Waals surface area contributed by atoms with Crippen LogP contribution >= 0.6 is 0 Å². The van der Waals surface area contributed by atoms with Crippen molar-refractivity contribution in [2.24, 2.45) is 0 Å². The van der Waals surface area contributed by atoms with E-state index in [1.165, 1.54) is 5.56 Å². The van der Waals surface area contributed by atoms with Gasteiger partial charge >= 0.3 is 19.5 Å².